The van der Waals surface area contributed by atoms with Gasteiger partial charge in [-0.25, -0.2) is 19.0 Å². The Hall–Kier alpha value is -2.65. The van der Waals surface area contributed by atoms with Gasteiger partial charge in [-0.3, -0.25) is 0 Å². The van der Waals surface area contributed by atoms with Crippen molar-refractivity contribution in [2.45, 2.75) is 13.0 Å². The molecule has 8 nitrogen and oxygen atoms in total. The molecular weight excluding hydrogens is 381 g/mol. The van der Waals surface area contributed by atoms with Crippen LogP contribution in [-0.4, -0.2) is 49.3 Å². The fraction of sp³-hybridized carbons (Fsp3) is 0.353. The molecule has 0 bridgehead atoms. The maximum atomic E-state index is 13.3. The number of aromatic nitrogens is 1. The number of nitrogens with zero attached hydrogens (tertiary/aromatic N) is 2. The highest BCUT2D eigenvalue weighted by atomic mass is 35.5. The van der Waals surface area contributed by atoms with E-state index < -0.39 is 17.8 Å². The average molecular weight is 400 g/mol. The molecule has 0 fully saturated rings. The summed E-state index contributed by atoms with van der Waals surface area (Å²) < 4.78 is 28.1. The first-order chi connectivity index (χ1) is 12.9. The third kappa shape index (κ3) is 5.93. The second-order valence-electron chi connectivity index (χ2n) is 5.45. The van der Waals surface area contributed by atoms with Crippen molar-refractivity contribution in [3.05, 3.63) is 46.9 Å². The van der Waals surface area contributed by atoms with Gasteiger partial charge in [-0.15, -0.1) is 0 Å². The van der Waals surface area contributed by atoms with Crippen molar-refractivity contribution in [1.82, 2.24) is 9.88 Å². The highest BCUT2D eigenvalue weighted by Gasteiger charge is 2.19. The number of nitrogens with one attached hydrogen (secondary N) is 1. The lowest BCUT2D eigenvalue weighted by molar-refractivity contribution is 0.0594. The van der Waals surface area contributed by atoms with Crippen LogP contribution in [0.1, 0.15) is 22.8 Å². The van der Waals surface area contributed by atoms with Crippen molar-refractivity contribution in [3.63, 3.8) is 0 Å². The van der Waals surface area contributed by atoms with Gasteiger partial charge in [-0.05, 0) is 24.6 Å². The SMILES string of the molecule is COCCCN(Cc1nc(C(=O)OC)co1)C(=O)Nc1ccc(F)c(Cl)c1. The lowest BCUT2D eigenvalue weighted by atomic mass is 10.3. The van der Waals surface area contributed by atoms with E-state index in [1.807, 2.05) is 0 Å². The van der Waals surface area contributed by atoms with Gasteiger partial charge < -0.3 is 24.1 Å². The molecule has 1 N–H and O–H groups in total. The Kier molecular flexibility index (Phi) is 7.56. The first-order valence-corrected chi connectivity index (χ1v) is 8.35. The summed E-state index contributed by atoms with van der Waals surface area (Å²) in [5.41, 5.74) is 0.348. The molecule has 0 aliphatic rings. The Balaban J connectivity index is 2.09. The molecule has 1 aromatic heterocycles. The summed E-state index contributed by atoms with van der Waals surface area (Å²) in [6.45, 7) is 0.803. The Morgan fingerprint density at radius 1 is 1.37 bits per heavy atom. The topological polar surface area (TPSA) is 93.9 Å². The van der Waals surface area contributed by atoms with Crippen LogP contribution in [0.15, 0.2) is 28.9 Å². The van der Waals surface area contributed by atoms with E-state index in [2.05, 4.69) is 15.0 Å². The number of rotatable bonds is 8. The molecule has 0 aliphatic carbocycles. The lowest BCUT2D eigenvalue weighted by Gasteiger charge is -2.21. The molecule has 0 atom stereocenters. The number of benzene rings is 1. The predicted octanol–water partition coefficient (Wildman–Crippen LogP) is 3.32. The smallest absolute Gasteiger partial charge is 0.360 e. The molecule has 1 heterocycles. The van der Waals surface area contributed by atoms with E-state index in [0.717, 1.165) is 12.3 Å². The lowest BCUT2D eigenvalue weighted by Crippen LogP contribution is -2.35. The number of carbonyl (C=O) groups excluding carboxylic acids is 2. The number of hydrogen-bond donors (Lipinski definition) is 1. The van der Waals surface area contributed by atoms with Crippen LogP contribution in [0.3, 0.4) is 0 Å². The number of anilines is 1. The van der Waals surface area contributed by atoms with E-state index in [1.54, 1.807) is 7.11 Å². The third-order valence-corrected chi connectivity index (χ3v) is 3.80. The zero-order valence-electron chi connectivity index (χ0n) is 14.8. The molecule has 0 unspecified atom stereocenters. The first kappa shape index (κ1) is 20.7. The molecular formula is C17H19ClFN3O5. The van der Waals surface area contributed by atoms with E-state index in [9.17, 15) is 14.0 Å². The third-order valence-electron chi connectivity index (χ3n) is 3.51. The number of ether oxygens (including phenoxy) is 2. The second kappa shape index (κ2) is 9.89. The normalized spacial score (nSPS) is 10.5. The fourth-order valence-electron chi connectivity index (χ4n) is 2.17. The van der Waals surface area contributed by atoms with Crippen LogP contribution in [0.25, 0.3) is 0 Å². The van der Waals surface area contributed by atoms with Gasteiger partial charge in [0.2, 0.25) is 5.89 Å². The molecule has 2 rings (SSSR count). The molecule has 0 spiro atoms. The second-order valence-corrected chi connectivity index (χ2v) is 5.85. The predicted molar refractivity (Wildman–Crippen MR) is 95.2 cm³/mol. The Labute approximate surface area is 160 Å². The zero-order valence-corrected chi connectivity index (χ0v) is 15.6. The molecule has 10 heteroatoms. The number of urea groups is 1. The number of oxazole rings is 1. The van der Waals surface area contributed by atoms with E-state index in [4.69, 9.17) is 20.8 Å². The van der Waals surface area contributed by atoms with Crippen molar-refractivity contribution in [2.24, 2.45) is 0 Å². The molecule has 2 aromatic rings. The molecule has 0 saturated carbocycles. The summed E-state index contributed by atoms with van der Waals surface area (Å²) >= 11 is 5.73. The maximum absolute atomic E-state index is 13.3. The fourth-order valence-corrected chi connectivity index (χ4v) is 2.35. The molecule has 27 heavy (non-hydrogen) atoms. The highest BCUT2D eigenvalue weighted by molar-refractivity contribution is 6.31. The van der Waals surface area contributed by atoms with E-state index in [1.165, 1.54) is 24.1 Å². The van der Waals surface area contributed by atoms with Crippen molar-refractivity contribution >= 4 is 29.3 Å². The van der Waals surface area contributed by atoms with Crippen LogP contribution in [0.4, 0.5) is 14.9 Å². The van der Waals surface area contributed by atoms with Crippen LogP contribution in [0, 0.1) is 5.82 Å². The number of carbonyl (C=O) groups is 2. The van der Waals surface area contributed by atoms with Gasteiger partial charge in [-0.2, -0.15) is 0 Å². The molecule has 1 aromatic carbocycles. The van der Waals surface area contributed by atoms with E-state index >= 15 is 0 Å². The Bertz CT molecular complexity index is 799. The minimum atomic E-state index is -0.638. The van der Waals surface area contributed by atoms with Crippen LogP contribution in [0.5, 0.6) is 0 Å². The average Bonchev–Trinajstić information content (AvgIpc) is 3.12. The highest BCUT2D eigenvalue weighted by Crippen LogP contribution is 2.20. The van der Waals surface area contributed by atoms with Gasteiger partial charge in [0.15, 0.2) is 5.69 Å². The van der Waals surface area contributed by atoms with Crippen molar-refractivity contribution in [3.8, 4) is 0 Å². The molecule has 146 valence electrons. The van der Waals surface area contributed by atoms with Crippen LogP contribution >= 0.6 is 11.6 Å². The van der Waals surface area contributed by atoms with Gasteiger partial charge in [0.05, 0.1) is 18.7 Å². The summed E-state index contributed by atoms with van der Waals surface area (Å²) in [6, 6.07) is 3.39. The summed E-state index contributed by atoms with van der Waals surface area (Å²) in [5.74, 6) is -1.05. The van der Waals surface area contributed by atoms with Crippen molar-refractivity contribution in [2.75, 3.05) is 32.7 Å². The number of esters is 1. The van der Waals surface area contributed by atoms with E-state index in [-0.39, 0.29) is 23.2 Å². The standard InChI is InChI=1S/C17H19ClFN3O5/c1-25-7-3-6-22(9-15-21-14(10-27-15)16(23)26-2)17(24)20-11-4-5-13(19)12(18)8-11/h4-5,8,10H,3,6-7,9H2,1-2H3,(H,20,24). The monoisotopic (exact) mass is 399 g/mol. The molecule has 2 amide bonds. The van der Waals surface area contributed by atoms with Crippen molar-refractivity contribution < 1.29 is 27.9 Å². The van der Waals surface area contributed by atoms with Gasteiger partial charge >= 0.3 is 12.0 Å². The molecule has 0 radical (unpaired) electrons. The minimum Gasteiger partial charge on any atom is -0.464 e. The molecule has 0 saturated heterocycles. The summed E-state index contributed by atoms with van der Waals surface area (Å²) in [7, 11) is 2.79. The van der Waals surface area contributed by atoms with E-state index in [0.29, 0.717) is 25.3 Å². The van der Waals surface area contributed by atoms with Crippen LogP contribution in [-0.2, 0) is 16.0 Å². The zero-order chi connectivity index (χ0) is 19.8. The Morgan fingerprint density at radius 3 is 2.81 bits per heavy atom. The quantitative estimate of drug-likeness (QED) is 0.540. The van der Waals surface area contributed by atoms with Crippen LogP contribution in [0.2, 0.25) is 5.02 Å². The van der Waals surface area contributed by atoms with Gasteiger partial charge in [0.1, 0.15) is 12.1 Å². The summed E-state index contributed by atoms with van der Waals surface area (Å²) in [6.07, 6.45) is 1.73. The summed E-state index contributed by atoms with van der Waals surface area (Å²) in [4.78, 5) is 29.5. The number of halogens is 2. The maximum Gasteiger partial charge on any atom is 0.360 e. The van der Waals surface area contributed by atoms with Crippen LogP contribution < -0.4 is 5.32 Å². The van der Waals surface area contributed by atoms with Crippen molar-refractivity contribution in [1.29, 1.82) is 0 Å². The molecule has 0 aliphatic heterocycles. The number of hydrogen-bond acceptors (Lipinski definition) is 6. The Morgan fingerprint density at radius 2 is 2.15 bits per heavy atom. The number of methoxy groups -OCH3 is 2. The van der Waals surface area contributed by atoms with Gasteiger partial charge in [0, 0.05) is 25.9 Å². The van der Waals surface area contributed by atoms with Gasteiger partial charge in [-0.1, -0.05) is 11.6 Å². The van der Waals surface area contributed by atoms with Gasteiger partial charge in [0.25, 0.3) is 0 Å². The summed E-state index contributed by atoms with van der Waals surface area (Å²) in [5, 5.41) is 2.53. The first-order valence-electron chi connectivity index (χ1n) is 7.97. The number of amides is 2. The largest absolute Gasteiger partial charge is 0.464 e. The minimum absolute atomic E-state index is 0.00932.